The second-order valence-electron chi connectivity index (χ2n) is 8.06. The Morgan fingerprint density at radius 3 is 2.72 bits per heavy atom. The number of aromatic nitrogens is 1. The summed E-state index contributed by atoms with van der Waals surface area (Å²) in [4.78, 5) is 16.7. The van der Waals surface area contributed by atoms with Gasteiger partial charge in [-0.2, -0.15) is 0 Å². The topological polar surface area (TPSA) is 100 Å². The van der Waals surface area contributed by atoms with Gasteiger partial charge in [-0.3, -0.25) is 4.79 Å². The molecule has 1 fully saturated rings. The van der Waals surface area contributed by atoms with Crippen LogP contribution in [0.2, 0.25) is 0 Å². The van der Waals surface area contributed by atoms with Crippen LogP contribution in [0.25, 0.3) is 0 Å². The summed E-state index contributed by atoms with van der Waals surface area (Å²) in [6, 6.07) is 8.34. The summed E-state index contributed by atoms with van der Waals surface area (Å²) < 4.78 is 0. The number of nitrogens with one attached hydrogen (secondary N) is 2. The maximum absolute atomic E-state index is 12.5. The number of thiazole rings is 1. The first-order valence-electron chi connectivity index (χ1n) is 11.0. The third-order valence-corrected chi connectivity index (χ3v) is 6.29. The summed E-state index contributed by atoms with van der Waals surface area (Å²) in [6.45, 7) is 3.79. The van der Waals surface area contributed by atoms with E-state index in [2.05, 4.69) is 15.6 Å². The van der Waals surface area contributed by atoms with Crippen molar-refractivity contribution < 1.29 is 9.90 Å². The zero-order chi connectivity index (χ0) is 22.9. The summed E-state index contributed by atoms with van der Waals surface area (Å²) in [5, 5.41) is 19.2. The molecular formula is C25H32N4O2S. The summed E-state index contributed by atoms with van der Waals surface area (Å²) in [5.74, 6) is -0.465. The van der Waals surface area contributed by atoms with Crippen LogP contribution in [0, 0.1) is 0 Å². The fraction of sp³-hybridized carbons (Fsp3) is 0.360. The number of nitrogen functional groups attached to an aromatic ring is 1. The molecule has 170 valence electrons. The molecule has 1 aromatic heterocycles. The van der Waals surface area contributed by atoms with Crippen LogP contribution in [0.5, 0.6) is 0 Å². The highest BCUT2D eigenvalue weighted by atomic mass is 32.1. The van der Waals surface area contributed by atoms with E-state index in [1.807, 2.05) is 79.9 Å². The SMILES string of the molecule is C\C=C/C=C\C=C\[C@@H](O)[C@H]1CC[C@@H](Cc2ccc(NC(=O)[C@@H](C)c3csc(N)n3)cc2)N1. The molecule has 1 saturated heterocycles. The van der Waals surface area contributed by atoms with Gasteiger partial charge in [0.05, 0.1) is 17.7 Å². The van der Waals surface area contributed by atoms with Crippen molar-refractivity contribution in [3.63, 3.8) is 0 Å². The quantitative estimate of drug-likeness (QED) is 0.428. The zero-order valence-electron chi connectivity index (χ0n) is 18.6. The second-order valence-corrected chi connectivity index (χ2v) is 8.95. The Morgan fingerprint density at radius 1 is 1.28 bits per heavy atom. The van der Waals surface area contributed by atoms with Gasteiger partial charge in [-0.15, -0.1) is 11.3 Å². The van der Waals surface area contributed by atoms with Crippen LogP contribution >= 0.6 is 11.3 Å². The summed E-state index contributed by atoms with van der Waals surface area (Å²) in [6.07, 6.45) is 13.9. The van der Waals surface area contributed by atoms with Crippen molar-refractivity contribution in [2.45, 2.75) is 57.2 Å². The van der Waals surface area contributed by atoms with Crippen LogP contribution in [-0.2, 0) is 11.2 Å². The van der Waals surface area contributed by atoms with Crippen molar-refractivity contribution in [3.8, 4) is 0 Å². The summed E-state index contributed by atoms with van der Waals surface area (Å²) in [5.41, 5.74) is 8.31. The predicted molar refractivity (Wildman–Crippen MR) is 133 cm³/mol. The highest BCUT2D eigenvalue weighted by molar-refractivity contribution is 7.13. The van der Waals surface area contributed by atoms with E-state index in [0.717, 1.165) is 24.9 Å². The normalized spacial score (nSPS) is 21.0. The van der Waals surface area contributed by atoms with E-state index in [0.29, 0.717) is 16.9 Å². The highest BCUT2D eigenvalue weighted by Gasteiger charge is 2.27. The van der Waals surface area contributed by atoms with Crippen LogP contribution in [0.4, 0.5) is 10.8 Å². The Labute approximate surface area is 194 Å². The molecule has 1 amide bonds. The zero-order valence-corrected chi connectivity index (χ0v) is 19.4. The lowest BCUT2D eigenvalue weighted by molar-refractivity contribution is -0.117. The third-order valence-electron chi connectivity index (χ3n) is 5.60. The number of rotatable bonds is 9. The van der Waals surface area contributed by atoms with Crippen LogP contribution < -0.4 is 16.4 Å². The molecule has 3 rings (SSSR count). The summed E-state index contributed by atoms with van der Waals surface area (Å²) in [7, 11) is 0. The van der Waals surface area contributed by atoms with E-state index in [1.165, 1.54) is 16.9 Å². The smallest absolute Gasteiger partial charge is 0.233 e. The molecule has 7 heteroatoms. The Morgan fingerprint density at radius 2 is 2.03 bits per heavy atom. The van der Waals surface area contributed by atoms with Gasteiger partial charge in [0.2, 0.25) is 5.91 Å². The lowest BCUT2D eigenvalue weighted by atomic mass is 10.0. The van der Waals surface area contributed by atoms with Crippen LogP contribution in [0.1, 0.15) is 43.9 Å². The second kappa shape index (κ2) is 11.8. The first-order chi connectivity index (χ1) is 15.5. The van der Waals surface area contributed by atoms with E-state index in [-0.39, 0.29) is 17.9 Å². The Bertz CT molecular complexity index is 965. The van der Waals surface area contributed by atoms with E-state index in [4.69, 9.17) is 5.73 Å². The summed E-state index contributed by atoms with van der Waals surface area (Å²) >= 11 is 1.34. The minimum absolute atomic E-state index is 0.0752. The molecule has 1 aromatic carbocycles. The Kier molecular flexibility index (Phi) is 8.79. The maximum Gasteiger partial charge on any atom is 0.233 e. The van der Waals surface area contributed by atoms with Crippen LogP contribution in [-0.4, -0.2) is 34.2 Å². The van der Waals surface area contributed by atoms with Gasteiger partial charge in [0, 0.05) is 23.2 Å². The van der Waals surface area contributed by atoms with E-state index >= 15 is 0 Å². The number of hydrogen-bond donors (Lipinski definition) is 4. The standard InChI is InChI=1S/C25H32N4O2S/c1-3-4-5-6-7-8-23(30)21-14-13-20(27-21)15-18-9-11-19(12-10-18)28-24(31)17(2)22-16-32-25(26)29-22/h3-12,16-17,20-21,23,27,30H,13-15H2,1-2H3,(H2,26,29)(H,28,31)/b4-3-,6-5-,8-7+/t17-,20-,21+,23+/m0/s1. The predicted octanol–water partition coefficient (Wildman–Crippen LogP) is 4.18. The molecule has 0 saturated carbocycles. The third kappa shape index (κ3) is 6.88. The minimum atomic E-state index is -0.497. The van der Waals surface area contributed by atoms with Gasteiger partial charge in [0.25, 0.3) is 0 Å². The largest absolute Gasteiger partial charge is 0.387 e. The number of nitrogens with zero attached hydrogens (tertiary/aromatic N) is 1. The molecule has 1 aliphatic heterocycles. The molecule has 0 spiro atoms. The van der Waals surface area contributed by atoms with E-state index in [1.54, 1.807) is 0 Å². The van der Waals surface area contributed by atoms with Gasteiger partial charge in [-0.05, 0) is 50.8 Å². The van der Waals surface area contributed by atoms with Crippen molar-refractivity contribution in [2.24, 2.45) is 0 Å². The average Bonchev–Trinajstić information content (AvgIpc) is 3.43. The highest BCUT2D eigenvalue weighted by Crippen LogP contribution is 2.23. The van der Waals surface area contributed by atoms with Gasteiger partial charge < -0.3 is 21.5 Å². The molecule has 2 aromatic rings. The number of nitrogens with two attached hydrogens (primary N) is 1. The van der Waals surface area contributed by atoms with Crippen molar-refractivity contribution in [1.29, 1.82) is 0 Å². The Balaban J connectivity index is 1.47. The van der Waals surface area contributed by atoms with E-state index < -0.39 is 6.10 Å². The minimum Gasteiger partial charge on any atom is -0.387 e. The molecule has 0 radical (unpaired) electrons. The molecule has 32 heavy (non-hydrogen) atoms. The molecule has 6 nitrogen and oxygen atoms in total. The average molecular weight is 453 g/mol. The fourth-order valence-corrected chi connectivity index (χ4v) is 4.38. The van der Waals surface area contributed by atoms with Crippen LogP contribution in [0.15, 0.2) is 66.1 Å². The number of hydrogen-bond acceptors (Lipinski definition) is 6. The van der Waals surface area contributed by atoms with Gasteiger partial charge in [0.1, 0.15) is 0 Å². The number of aliphatic hydroxyl groups excluding tert-OH is 1. The molecular weight excluding hydrogens is 420 g/mol. The number of benzene rings is 1. The molecule has 5 N–H and O–H groups in total. The molecule has 2 heterocycles. The molecule has 1 aliphatic rings. The van der Waals surface area contributed by atoms with Gasteiger partial charge in [-0.25, -0.2) is 4.98 Å². The molecule has 0 aliphatic carbocycles. The number of carbonyl (C=O) groups excluding carboxylic acids is 1. The number of amides is 1. The maximum atomic E-state index is 12.5. The first-order valence-corrected chi connectivity index (χ1v) is 11.8. The molecule has 0 bridgehead atoms. The lowest BCUT2D eigenvalue weighted by Crippen LogP contribution is -2.38. The fourth-order valence-electron chi connectivity index (χ4n) is 3.73. The van der Waals surface area contributed by atoms with Gasteiger partial charge >= 0.3 is 0 Å². The van der Waals surface area contributed by atoms with Crippen molar-refractivity contribution >= 4 is 28.1 Å². The number of carbonyl (C=O) groups is 1. The van der Waals surface area contributed by atoms with Crippen molar-refractivity contribution in [3.05, 3.63) is 77.4 Å². The first kappa shape index (κ1) is 23.9. The van der Waals surface area contributed by atoms with E-state index in [9.17, 15) is 9.90 Å². The number of aliphatic hydroxyl groups is 1. The molecule has 0 unspecified atom stereocenters. The van der Waals surface area contributed by atoms with Gasteiger partial charge in [0.15, 0.2) is 5.13 Å². The molecule has 4 atom stereocenters. The van der Waals surface area contributed by atoms with Crippen molar-refractivity contribution in [2.75, 3.05) is 11.1 Å². The monoisotopic (exact) mass is 452 g/mol. The van der Waals surface area contributed by atoms with Crippen LogP contribution in [0.3, 0.4) is 0 Å². The number of allylic oxidation sites excluding steroid dienone is 5. The van der Waals surface area contributed by atoms with Gasteiger partial charge in [-0.1, -0.05) is 48.6 Å². The van der Waals surface area contributed by atoms with Crippen molar-refractivity contribution in [1.82, 2.24) is 10.3 Å². The number of anilines is 2. The Hall–Kier alpha value is -2.74. The lowest BCUT2D eigenvalue weighted by Gasteiger charge is -2.17.